The summed E-state index contributed by atoms with van der Waals surface area (Å²) < 4.78 is 5.99. The molecule has 1 aromatic heterocycles. The van der Waals surface area contributed by atoms with Gasteiger partial charge in [0, 0.05) is 10.9 Å². The summed E-state index contributed by atoms with van der Waals surface area (Å²) in [6, 6.07) is 18.8. The van der Waals surface area contributed by atoms with E-state index < -0.39 is 0 Å². The Hall–Kier alpha value is -2.06. The molecule has 0 saturated carbocycles. The number of para-hydroxylation sites is 1. The zero-order chi connectivity index (χ0) is 13.1. The Morgan fingerprint density at radius 1 is 1.00 bits per heavy atom. The third-order valence-corrected chi connectivity index (χ3v) is 3.23. The molecule has 0 spiro atoms. The Morgan fingerprint density at radius 2 is 1.84 bits per heavy atom. The van der Waals surface area contributed by atoms with Gasteiger partial charge in [-0.3, -0.25) is 0 Å². The van der Waals surface area contributed by atoms with E-state index in [4.69, 9.17) is 4.42 Å². The highest BCUT2D eigenvalue weighted by Crippen LogP contribution is 2.30. The highest BCUT2D eigenvalue weighted by molar-refractivity contribution is 5.92. The van der Waals surface area contributed by atoms with Crippen LogP contribution in [0.4, 0.5) is 0 Å². The van der Waals surface area contributed by atoms with Crippen molar-refractivity contribution in [3.05, 3.63) is 60.4 Å². The van der Waals surface area contributed by atoms with E-state index in [-0.39, 0.29) is 0 Å². The van der Waals surface area contributed by atoms with Crippen molar-refractivity contribution in [2.24, 2.45) is 0 Å². The molecule has 0 aliphatic rings. The molecule has 0 saturated heterocycles. The largest absolute Gasteiger partial charge is 0.459 e. The Balaban J connectivity index is 2.08. The van der Waals surface area contributed by atoms with Gasteiger partial charge >= 0.3 is 0 Å². The van der Waals surface area contributed by atoms with Gasteiger partial charge in [0.25, 0.3) is 0 Å². The van der Waals surface area contributed by atoms with Gasteiger partial charge < -0.3 is 9.73 Å². The molecule has 0 radical (unpaired) electrons. The summed E-state index contributed by atoms with van der Waals surface area (Å²) in [5.41, 5.74) is 3.32. The molecule has 0 unspecified atom stereocenters. The Labute approximate surface area is 113 Å². The van der Waals surface area contributed by atoms with Crippen molar-refractivity contribution >= 4 is 11.0 Å². The lowest BCUT2D eigenvalue weighted by Gasteiger charge is -2.02. The molecule has 3 aromatic rings. The molecule has 96 valence electrons. The van der Waals surface area contributed by atoms with Crippen molar-refractivity contribution in [2.45, 2.75) is 13.5 Å². The summed E-state index contributed by atoms with van der Waals surface area (Å²) in [7, 11) is 0. The predicted molar refractivity (Wildman–Crippen MR) is 79.0 cm³/mol. The van der Waals surface area contributed by atoms with Crippen LogP contribution in [-0.2, 0) is 6.54 Å². The summed E-state index contributed by atoms with van der Waals surface area (Å²) in [6.07, 6.45) is 0. The molecule has 0 aliphatic carbocycles. The summed E-state index contributed by atoms with van der Waals surface area (Å²) in [4.78, 5) is 0. The Bertz CT molecular complexity index is 670. The van der Waals surface area contributed by atoms with Gasteiger partial charge in [-0.25, -0.2) is 0 Å². The second kappa shape index (κ2) is 5.29. The van der Waals surface area contributed by atoms with Gasteiger partial charge in [0.05, 0.1) is 6.54 Å². The van der Waals surface area contributed by atoms with Crippen LogP contribution in [0.25, 0.3) is 22.1 Å². The molecule has 0 atom stereocenters. The van der Waals surface area contributed by atoms with Crippen molar-refractivity contribution in [1.82, 2.24) is 5.32 Å². The average Bonchev–Trinajstić information content (AvgIpc) is 2.88. The van der Waals surface area contributed by atoms with E-state index in [9.17, 15) is 0 Å². The maximum absolute atomic E-state index is 5.99. The molecule has 0 amide bonds. The van der Waals surface area contributed by atoms with Crippen LogP contribution in [0.2, 0.25) is 0 Å². The first-order chi connectivity index (χ1) is 9.38. The van der Waals surface area contributed by atoms with Gasteiger partial charge in [-0.05, 0) is 18.2 Å². The van der Waals surface area contributed by atoms with Crippen LogP contribution in [0.1, 0.15) is 12.7 Å². The van der Waals surface area contributed by atoms with Crippen LogP contribution in [0.15, 0.2) is 59.0 Å². The second-order valence-corrected chi connectivity index (χ2v) is 4.58. The van der Waals surface area contributed by atoms with Gasteiger partial charge in [0.15, 0.2) is 0 Å². The molecule has 2 aromatic carbocycles. The molecule has 3 rings (SSSR count). The molecule has 2 heteroatoms. The first-order valence-corrected chi connectivity index (χ1v) is 6.66. The van der Waals surface area contributed by atoms with Crippen LogP contribution < -0.4 is 5.32 Å². The van der Waals surface area contributed by atoms with Crippen molar-refractivity contribution in [1.29, 1.82) is 0 Å². The van der Waals surface area contributed by atoms with Crippen molar-refractivity contribution in [3.63, 3.8) is 0 Å². The molecule has 1 heterocycles. The van der Waals surface area contributed by atoms with Crippen LogP contribution in [0.5, 0.6) is 0 Å². The van der Waals surface area contributed by atoms with E-state index in [1.807, 2.05) is 6.07 Å². The van der Waals surface area contributed by atoms with E-state index in [0.717, 1.165) is 35.4 Å². The Morgan fingerprint density at radius 3 is 2.63 bits per heavy atom. The maximum Gasteiger partial charge on any atom is 0.142 e. The minimum Gasteiger partial charge on any atom is -0.459 e. The number of hydrogen-bond donors (Lipinski definition) is 1. The van der Waals surface area contributed by atoms with Crippen molar-refractivity contribution in [3.8, 4) is 11.1 Å². The normalized spacial score (nSPS) is 11.0. The number of fused-ring (bicyclic) bond motifs is 1. The minimum atomic E-state index is 0.777. The standard InChI is InChI=1S/C17H17NO/c1-2-18-12-15-11-14-9-6-10-16(17(14)19-15)13-7-4-3-5-8-13/h3-11,18H,2,12H2,1H3. The zero-order valence-electron chi connectivity index (χ0n) is 11.0. The van der Waals surface area contributed by atoms with Gasteiger partial charge in [-0.15, -0.1) is 0 Å². The van der Waals surface area contributed by atoms with Gasteiger partial charge in [-0.1, -0.05) is 55.5 Å². The number of rotatable bonds is 4. The average molecular weight is 251 g/mol. The third kappa shape index (κ3) is 2.40. The molecule has 0 fully saturated rings. The first-order valence-electron chi connectivity index (χ1n) is 6.66. The van der Waals surface area contributed by atoms with E-state index in [2.05, 4.69) is 60.8 Å². The lowest BCUT2D eigenvalue weighted by Crippen LogP contribution is -2.10. The fourth-order valence-corrected chi connectivity index (χ4v) is 2.30. The number of hydrogen-bond acceptors (Lipinski definition) is 2. The lowest BCUT2D eigenvalue weighted by molar-refractivity contribution is 0.520. The summed E-state index contributed by atoms with van der Waals surface area (Å²) >= 11 is 0. The fraction of sp³-hybridized carbons (Fsp3) is 0.176. The predicted octanol–water partition coefficient (Wildman–Crippen LogP) is 4.21. The fourth-order valence-electron chi connectivity index (χ4n) is 2.30. The summed E-state index contributed by atoms with van der Waals surface area (Å²) in [6.45, 7) is 3.82. The highest BCUT2D eigenvalue weighted by Gasteiger charge is 2.09. The lowest BCUT2D eigenvalue weighted by atomic mass is 10.0. The van der Waals surface area contributed by atoms with Crippen LogP contribution >= 0.6 is 0 Å². The molecule has 2 nitrogen and oxygen atoms in total. The first kappa shape index (κ1) is 12.0. The van der Waals surface area contributed by atoms with E-state index >= 15 is 0 Å². The quantitative estimate of drug-likeness (QED) is 0.751. The highest BCUT2D eigenvalue weighted by atomic mass is 16.3. The number of benzene rings is 2. The van der Waals surface area contributed by atoms with Crippen LogP contribution in [0.3, 0.4) is 0 Å². The molecular formula is C17H17NO. The smallest absolute Gasteiger partial charge is 0.142 e. The summed E-state index contributed by atoms with van der Waals surface area (Å²) in [5, 5.41) is 4.45. The summed E-state index contributed by atoms with van der Waals surface area (Å²) in [5.74, 6) is 0.986. The van der Waals surface area contributed by atoms with Gasteiger partial charge in [-0.2, -0.15) is 0 Å². The van der Waals surface area contributed by atoms with Crippen LogP contribution in [-0.4, -0.2) is 6.54 Å². The molecular weight excluding hydrogens is 234 g/mol. The van der Waals surface area contributed by atoms with E-state index in [1.54, 1.807) is 0 Å². The van der Waals surface area contributed by atoms with Crippen molar-refractivity contribution in [2.75, 3.05) is 6.54 Å². The molecule has 1 N–H and O–H groups in total. The third-order valence-electron chi connectivity index (χ3n) is 3.23. The van der Waals surface area contributed by atoms with E-state index in [0.29, 0.717) is 0 Å². The topological polar surface area (TPSA) is 25.2 Å². The minimum absolute atomic E-state index is 0.777. The zero-order valence-corrected chi connectivity index (χ0v) is 11.0. The monoisotopic (exact) mass is 251 g/mol. The van der Waals surface area contributed by atoms with E-state index in [1.165, 1.54) is 5.56 Å². The number of furan rings is 1. The van der Waals surface area contributed by atoms with Gasteiger partial charge in [0.1, 0.15) is 11.3 Å². The molecule has 19 heavy (non-hydrogen) atoms. The molecule has 0 bridgehead atoms. The van der Waals surface area contributed by atoms with Gasteiger partial charge in [0.2, 0.25) is 0 Å². The number of nitrogens with one attached hydrogen (secondary N) is 1. The SMILES string of the molecule is CCNCc1cc2cccc(-c3ccccc3)c2o1. The maximum atomic E-state index is 5.99. The second-order valence-electron chi connectivity index (χ2n) is 4.58. The van der Waals surface area contributed by atoms with Crippen LogP contribution in [0, 0.1) is 0 Å². The van der Waals surface area contributed by atoms with Crippen molar-refractivity contribution < 1.29 is 4.42 Å². The Kier molecular flexibility index (Phi) is 3.34. The molecule has 0 aliphatic heterocycles.